The second kappa shape index (κ2) is 2.32. The van der Waals surface area contributed by atoms with Gasteiger partial charge in [0.15, 0.2) is 0 Å². The van der Waals surface area contributed by atoms with Crippen LogP contribution in [0.15, 0.2) is 4.52 Å². The highest BCUT2D eigenvalue weighted by atomic mass is 16.5. The van der Waals surface area contributed by atoms with Gasteiger partial charge in [0.05, 0.1) is 5.69 Å². The molecule has 0 radical (unpaired) electrons. The first-order valence-electron chi connectivity index (χ1n) is 4.03. The molecule has 13 heavy (non-hydrogen) atoms. The average molecular weight is 182 g/mol. The Balaban J connectivity index is 2.59. The lowest BCUT2D eigenvalue weighted by molar-refractivity contribution is -0.143. The lowest BCUT2D eigenvalue weighted by Crippen LogP contribution is -2.43. The van der Waals surface area contributed by atoms with Crippen LogP contribution in [-0.4, -0.2) is 16.2 Å². The molecule has 1 unspecified atom stereocenters. The number of carboxylic acids is 1. The van der Waals surface area contributed by atoms with Crippen molar-refractivity contribution in [3.63, 3.8) is 0 Å². The van der Waals surface area contributed by atoms with Crippen molar-refractivity contribution >= 4 is 5.97 Å². The molecule has 0 saturated heterocycles. The summed E-state index contributed by atoms with van der Waals surface area (Å²) >= 11 is 0. The number of rotatable bonds is 1. The zero-order valence-electron chi connectivity index (χ0n) is 7.20. The van der Waals surface area contributed by atoms with E-state index in [4.69, 9.17) is 15.4 Å². The van der Waals surface area contributed by atoms with Crippen LogP contribution in [0.2, 0.25) is 0 Å². The molecule has 0 fully saturated rings. The van der Waals surface area contributed by atoms with Gasteiger partial charge in [0.2, 0.25) is 0 Å². The Bertz CT molecular complexity index is 371. The summed E-state index contributed by atoms with van der Waals surface area (Å²) in [6.07, 6.45) is 0.943. The Morgan fingerprint density at radius 2 is 2.46 bits per heavy atom. The number of aromatic nitrogens is 1. The molecule has 70 valence electrons. The molecule has 0 amide bonds. The van der Waals surface area contributed by atoms with Gasteiger partial charge in [-0.2, -0.15) is 0 Å². The van der Waals surface area contributed by atoms with Crippen LogP contribution in [0.5, 0.6) is 0 Å². The molecule has 2 rings (SSSR count). The van der Waals surface area contributed by atoms with Crippen molar-refractivity contribution < 1.29 is 14.4 Å². The molecule has 1 aliphatic carbocycles. The normalized spacial score (nSPS) is 26.0. The van der Waals surface area contributed by atoms with Gasteiger partial charge in [-0.05, 0) is 13.3 Å². The smallest absolute Gasteiger partial charge is 0.328 e. The largest absolute Gasteiger partial charge is 0.480 e. The standard InChI is InChI=1S/C8H10N2O3/c1-4-6-5(13-10-4)2-3-8(6,9)7(11)12/h2-3,9H2,1H3,(H,11,12). The molecule has 1 aromatic rings. The second-order valence-corrected chi connectivity index (χ2v) is 3.34. The van der Waals surface area contributed by atoms with Crippen molar-refractivity contribution in [2.24, 2.45) is 5.73 Å². The van der Waals surface area contributed by atoms with Crippen LogP contribution in [0, 0.1) is 6.92 Å². The minimum absolute atomic E-state index is 0.389. The number of nitrogens with two attached hydrogens (primary N) is 1. The quantitative estimate of drug-likeness (QED) is 0.646. The van der Waals surface area contributed by atoms with Crippen LogP contribution in [0.4, 0.5) is 0 Å². The van der Waals surface area contributed by atoms with E-state index in [0.717, 1.165) is 0 Å². The predicted octanol–water partition coefficient (Wildman–Crippen LogP) is 0.168. The highest BCUT2D eigenvalue weighted by Crippen LogP contribution is 2.37. The Kier molecular flexibility index (Phi) is 1.47. The fourth-order valence-corrected chi connectivity index (χ4v) is 1.81. The number of carbonyl (C=O) groups is 1. The predicted molar refractivity (Wildman–Crippen MR) is 43.1 cm³/mol. The van der Waals surface area contributed by atoms with Gasteiger partial charge in [-0.3, -0.25) is 0 Å². The van der Waals surface area contributed by atoms with Gasteiger partial charge in [-0.1, -0.05) is 5.16 Å². The number of aryl methyl sites for hydroxylation is 2. The zero-order chi connectivity index (χ0) is 9.64. The van der Waals surface area contributed by atoms with Gasteiger partial charge in [0.25, 0.3) is 0 Å². The van der Waals surface area contributed by atoms with Gasteiger partial charge in [-0.15, -0.1) is 0 Å². The SMILES string of the molecule is Cc1noc2c1C(N)(C(=O)O)CC2. The molecule has 5 heteroatoms. The first kappa shape index (κ1) is 8.25. The van der Waals surface area contributed by atoms with E-state index in [1.54, 1.807) is 6.92 Å². The van der Waals surface area contributed by atoms with Gasteiger partial charge >= 0.3 is 5.97 Å². The summed E-state index contributed by atoms with van der Waals surface area (Å²) in [7, 11) is 0. The molecule has 0 saturated carbocycles. The average Bonchev–Trinajstić information content (AvgIpc) is 2.57. The van der Waals surface area contributed by atoms with E-state index in [-0.39, 0.29) is 0 Å². The van der Waals surface area contributed by atoms with E-state index in [1.807, 2.05) is 0 Å². The fourth-order valence-electron chi connectivity index (χ4n) is 1.81. The third-order valence-electron chi connectivity index (χ3n) is 2.51. The van der Waals surface area contributed by atoms with Gasteiger partial charge in [0, 0.05) is 12.0 Å². The maximum atomic E-state index is 10.9. The van der Waals surface area contributed by atoms with E-state index in [2.05, 4.69) is 5.16 Å². The van der Waals surface area contributed by atoms with E-state index in [0.29, 0.717) is 29.9 Å². The summed E-state index contributed by atoms with van der Waals surface area (Å²) in [5.74, 6) is -0.403. The summed E-state index contributed by atoms with van der Waals surface area (Å²) in [5.41, 5.74) is 5.60. The molecular formula is C8H10N2O3. The molecule has 5 nitrogen and oxygen atoms in total. The Morgan fingerprint density at radius 1 is 1.77 bits per heavy atom. The van der Waals surface area contributed by atoms with Crippen LogP contribution in [0.3, 0.4) is 0 Å². The zero-order valence-corrected chi connectivity index (χ0v) is 7.20. The molecule has 0 aliphatic heterocycles. The molecule has 1 aliphatic rings. The van der Waals surface area contributed by atoms with Crippen molar-refractivity contribution in [1.82, 2.24) is 5.16 Å². The third kappa shape index (κ3) is 0.904. The molecular weight excluding hydrogens is 172 g/mol. The first-order chi connectivity index (χ1) is 6.05. The lowest BCUT2D eigenvalue weighted by Gasteiger charge is -2.17. The molecule has 1 heterocycles. The summed E-state index contributed by atoms with van der Waals surface area (Å²) < 4.78 is 4.96. The van der Waals surface area contributed by atoms with Gasteiger partial charge in [0.1, 0.15) is 11.3 Å². The van der Waals surface area contributed by atoms with E-state index in [9.17, 15) is 4.79 Å². The molecule has 1 aromatic heterocycles. The second-order valence-electron chi connectivity index (χ2n) is 3.34. The number of nitrogens with zero attached hydrogens (tertiary/aromatic N) is 1. The van der Waals surface area contributed by atoms with Gasteiger partial charge in [-0.25, -0.2) is 4.79 Å². The minimum Gasteiger partial charge on any atom is -0.480 e. The number of carboxylic acid groups (broad SMARTS) is 1. The molecule has 0 bridgehead atoms. The van der Waals surface area contributed by atoms with Crippen LogP contribution in [-0.2, 0) is 16.8 Å². The summed E-state index contributed by atoms with van der Waals surface area (Å²) in [4.78, 5) is 10.9. The Labute approximate surface area is 74.5 Å². The van der Waals surface area contributed by atoms with Crippen molar-refractivity contribution in [2.75, 3.05) is 0 Å². The monoisotopic (exact) mass is 182 g/mol. The Hall–Kier alpha value is -1.36. The maximum absolute atomic E-state index is 10.9. The summed E-state index contributed by atoms with van der Waals surface area (Å²) in [6.45, 7) is 1.71. The molecule has 0 aromatic carbocycles. The highest BCUT2D eigenvalue weighted by molar-refractivity contribution is 5.82. The molecule has 3 N–H and O–H groups in total. The third-order valence-corrected chi connectivity index (χ3v) is 2.51. The minimum atomic E-state index is -1.29. The van der Waals surface area contributed by atoms with Crippen molar-refractivity contribution in [3.8, 4) is 0 Å². The highest BCUT2D eigenvalue weighted by Gasteiger charge is 2.46. The fraction of sp³-hybridized carbons (Fsp3) is 0.500. The van der Waals surface area contributed by atoms with Crippen LogP contribution >= 0.6 is 0 Å². The van der Waals surface area contributed by atoms with Crippen molar-refractivity contribution in [3.05, 3.63) is 17.0 Å². The van der Waals surface area contributed by atoms with Crippen molar-refractivity contribution in [1.29, 1.82) is 0 Å². The summed E-state index contributed by atoms with van der Waals surface area (Å²) in [5, 5.41) is 12.7. The van der Waals surface area contributed by atoms with E-state index >= 15 is 0 Å². The number of fused-ring (bicyclic) bond motifs is 1. The summed E-state index contributed by atoms with van der Waals surface area (Å²) in [6, 6.07) is 0. The van der Waals surface area contributed by atoms with E-state index in [1.165, 1.54) is 0 Å². The lowest BCUT2D eigenvalue weighted by atomic mass is 9.93. The number of hydrogen-bond donors (Lipinski definition) is 2. The van der Waals surface area contributed by atoms with Gasteiger partial charge < -0.3 is 15.4 Å². The van der Waals surface area contributed by atoms with E-state index < -0.39 is 11.5 Å². The van der Waals surface area contributed by atoms with Crippen LogP contribution in [0.1, 0.15) is 23.4 Å². The first-order valence-corrected chi connectivity index (χ1v) is 4.03. The maximum Gasteiger partial charge on any atom is 0.328 e. The molecule has 1 atom stereocenters. The topological polar surface area (TPSA) is 89.4 Å². The number of hydrogen-bond acceptors (Lipinski definition) is 4. The van der Waals surface area contributed by atoms with Crippen molar-refractivity contribution in [2.45, 2.75) is 25.3 Å². The molecule has 0 spiro atoms. The van der Waals surface area contributed by atoms with Crippen LogP contribution < -0.4 is 5.73 Å². The Morgan fingerprint density at radius 3 is 3.08 bits per heavy atom. The van der Waals surface area contributed by atoms with Crippen LogP contribution in [0.25, 0.3) is 0 Å². The number of aliphatic carboxylic acids is 1.